The molecule has 0 amide bonds. The Balaban J connectivity index is 2.25. The number of rotatable bonds is 6. The minimum atomic E-state index is -0.0613. The van der Waals surface area contributed by atoms with Crippen molar-refractivity contribution in [2.45, 2.75) is 0 Å². The molecule has 0 unspecified atom stereocenters. The lowest BCUT2D eigenvalue weighted by atomic mass is 10.3. The van der Waals surface area contributed by atoms with E-state index in [0.29, 0.717) is 28.0 Å². The molecule has 0 bridgehead atoms. The van der Waals surface area contributed by atoms with Gasteiger partial charge in [0.2, 0.25) is 0 Å². The van der Waals surface area contributed by atoms with Gasteiger partial charge in [0.1, 0.15) is 18.1 Å². The highest BCUT2D eigenvalue weighted by molar-refractivity contribution is 6.32. The van der Waals surface area contributed by atoms with Crippen molar-refractivity contribution in [2.24, 2.45) is 0 Å². The van der Waals surface area contributed by atoms with E-state index >= 15 is 0 Å². The van der Waals surface area contributed by atoms with Crippen LogP contribution < -0.4 is 14.2 Å². The molecule has 5 heteroatoms. The van der Waals surface area contributed by atoms with Gasteiger partial charge in [0, 0.05) is 6.07 Å². The monoisotopic (exact) mass is 294 g/mol. The van der Waals surface area contributed by atoms with Gasteiger partial charge >= 0.3 is 0 Å². The second-order valence-electron chi connectivity index (χ2n) is 3.92. The molecule has 0 aliphatic rings. The van der Waals surface area contributed by atoms with Crippen molar-refractivity contribution in [3.63, 3.8) is 0 Å². The third-order valence-electron chi connectivity index (χ3n) is 2.56. The predicted octanol–water partition coefficient (Wildman–Crippen LogP) is 3.51. The highest BCUT2D eigenvalue weighted by Crippen LogP contribution is 2.36. The van der Waals surface area contributed by atoms with Gasteiger partial charge in [0.25, 0.3) is 0 Å². The molecule has 2 aromatic rings. The number of hydrogen-bond donors (Lipinski definition) is 1. The largest absolute Gasteiger partial charge is 0.497 e. The van der Waals surface area contributed by atoms with Gasteiger partial charge in [-0.3, -0.25) is 0 Å². The molecule has 0 heterocycles. The lowest BCUT2D eigenvalue weighted by Crippen LogP contribution is -2.02. The van der Waals surface area contributed by atoms with E-state index in [1.165, 1.54) is 0 Å². The van der Waals surface area contributed by atoms with E-state index in [2.05, 4.69) is 0 Å². The fourth-order valence-electron chi connectivity index (χ4n) is 1.62. The third kappa shape index (κ3) is 3.56. The van der Waals surface area contributed by atoms with Crippen LogP contribution in [0.3, 0.4) is 0 Å². The van der Waals surface area contributed by atoms with E-state index in [1.54, 1.807) is 37.4 Å². The van der Waals surface area contributed by atoms with Crippen molar-refractivity contribution < 1.29 is 19.3 Å². The van der Waals surface area contributed by atoms with Crippen molar-refractivity contribution >= 4 is 11.6 Å². The summed E-state index contributed by atoms with van der Waals surface area (Å²) in [7, 11) is 1.57. The van der Waals surface area contributed by atoms with E-state index in [-0.39, 0.29) is 13.2 Å². The Morgan fingerprint density at radius 2 is 1.80 bits per heavy atom. The Kier molecular flexibility index (Phi) is 5.09. The van der Waals surface area contributed by atoms with Crippen LogP contribution in [0.2, 0.25) is 5.02 Å². The van der Waals surface area contributed by atoms with Gasteiger partial charge in [-0.1, -0.05) is 23.7 Å². The Labute approximate surface area is 122 Å². The lowest BCUT2D eigenvalue weighted by Gasteiger charge is -2.13. The minimum Gasteiger partial charge on any atom is -0.497 e. The molecular weight excluding hydrogens is 280 g/mol. The summed E-state index contributed by atoms with van der Waals surface area (Å²) in [5.41, 5.74) is 0. The maximum absolute atomic E-state index is 8.82. The molecule has 0 radical (unpaired) electrons. The van der Waals surface area contributed by atoms with Crippen LogP contribution in [0.1, 0.15) is 0 Å². The summed E-state index contributed by atoms with van der Waals surface area (Å²) in [6.07, 6.45) is 0. The fraction of sp³-hybridized carbons (Fsp3) is 0.200. The van der Waals surface area contributed by atoms with Gasteiger partial charge in [-0.05, 0) is 24.3 Å². The van der Waals surface area contributed by atoms with Gasteiger partial charge < -0.3 is 19.3 Å². The van der Waals surface area contributed by atoms with Crippen LogP contribution in [-0.2, 0) is 0 Å². The van der Waals surface area contributed by atoms with Crippen molar-refractivity contribution in [1.82, 2.24) is 0 Å². The molecule has 0 spiro atoms. The summed E-state index contributed by atoms with van der Waals surface area (Å²) >= 11 is 6.10. The van der Waals surface area contributed by atoms with Crippen LogP contribution in [0.4, 0.5) is 0 Å². The molecule has 0 aromatic heterocycles. The van der Waals surface area contributed by atoms with Crippen LogP contribution in [-0.4, -0.2) is 25.4 Å². The molecule has 0 fully saturated rings. The summed E-state index contributed by atoms with van der Waals surface area (Å²) in [6.45, 7) is 0.139. The topological polar surface area (TPSA) is 47.9 Å². The Bertz CT molecular complexity index is 572. The van der Waals surface area contributed by atoms with Crippen molar-refractivity contribution in [1.29, 1.82) is 0 Å². The fourth-order valence-corrected chi connectivity index (χ4v) is 1.77. The van der Waals surface area contributed by atoms with Gasteiger partial charge in [0.05, 0.1) is 18.7 Å². The molecule has 4 nitrogen and oxygen atoms in total. The average molecular weight is 295 g/mol. The summed E-state index contributed by atoms with van der Waals surface area (Å²) in [5, 5.41) is 9.29. The quantitative estimate of drug-likeness (QED) is 0.885. The number of benzene rings is 2. The Morgan fingerprint density at radius 3 is 2.50 bits per heavy atom. The van der Waals surface area contributed by atoms with E-state index in [4.69, 9.17) is 30.9 Å². The number of aliphatic hydroxyl groups excluding tert-OH is 1. The lowest BCUT2D eigenvalue weighted by molar-refractivity contribution is 0.198. The first-order valence-electron chi connectivity index (χ1n) is 6.08. The molecule has 106 valence electrons. The van der Waals surface area contributed by atoms with Gasteiger partial charge in [-0.25, -0.2) is 0 Å². The maximum atomic E-state index is 8.82. The van der Waals surface area contributed by atoms with Crippen LogP contribution >= 0.6 is 11.6 Å². The van der Waals surface area contributed by atoms with E-state index < -0.39 is 0 Å². The van der Waals surface area contributed by atoms with E-state index in [0.717, 1.165) is 0 Å². The smallest absolute Gasteiger partial charge is 0.169 e. The number of aliphatic hydroxyl groups is 1. The molecule has 0 saturated carbocycles. The number of methoxy groups -OCH3 is 1. The normalized spacial score (nSPS) is 10.2. The van der Waals surface area contributed by atoms with Gasteiger partial charge in [-0.2, -0.15) is 0 Å². The first kappa shape index (κ1) is 14.5. The molecule has 0 atom stereocenters. The zero-order valence-corrected chi connectivity index (χ0v) is 11.8. The SMILES string of the molecule is COc1ccc(Cl)c(Oc2ccccc2OCCO)c1. The van der Waals surface area contributed by atoms with Crippen molar-refractivity contribution in [2.75, 3.05) is 20.3 Å². The molecule has 0 aliphatic heterocycles. The molecule has 2 rings (SSSR count). The Hall–Kier alpha value is -1.91. The highest BCUT2D eigenvalue weighted by Gasteiger charge is 2.09. The predicted molar refractivity (Wildman–Crippen MR) is 77.1 cm³/mol. The zero-order valence-electron chi connectivity index (χ0n) is 11.0. The zero-order chi connectivity index (χ0) is 14.4. The first-order valence-corrected chi connectivity index (χ1v) is 6.46. The molecule has 0 saturated heterocycles. The van der Waals surface area contributed by atoms with Crippen LogP contribution in [0, 0.1) is 0 Å². The molecular formula is C15H15ClO4. The highest BCUT2D eigenvalue weighted by atomic mass is 35.5. The Morgan fingerprint density at radius 1 is 1.05 bits per heavy atom. The second kappa shape index (κ2) is 7.03. The van der Waals surface area contributed by atoms with E-state index in [9.17, 15) is 0 Å². The summed E-state index contributed by atoms with van der Waals surface area (Å²) in [5.74, 6) is 2.20. The number of halogens is 1. The number of ether oxygens (including phenoxy) is 3. The molecule has 2 aromatic carbocycles. The molecule has 0 aliphatic carbocycles. The van der Waals surface area contributed by atoms with Crippen molar-refractivity contribution in [3.05, 3.63) is 47.5 Å². The minimum absolute atomic E-state index is 0.0613. The average Bonchev–Trinajstić information content (AvgIpc) is 2.48. The number of hydrogen-bond acceptors (Lipinski definition) is 4. The second-order valence-corrected chi connectivity index (χ2v) is 4.32. The summed E-state index contributed by atoms with van der Waals surface area (Å²) in [4.78, 5) is 0. The van der Waals surface area contributed by atoms with Gasteiger partial charge in [-0.15, -0.1) is 0 Å². The summed E-state index contributed by atoms with van der Waals surface area (Å²) in [6, 6.07) is 12.3. The van der Waals surface area contributed by atoms with Crippen LogP contribution in [0.15, 0.2) is 42.5 Å². The van der Waals surface area contributed by atoms with Crippen LogP contribution in [0.5, 0.6) is 23.0 Å². The summed E-state index contributed by atoms with van der Waals surface area (Å²) < 4.78 is 16.3. The van der Waals surface area contributed by atoms with E-state index in [1.807, 2.05) is 12.1 Å². The maximum Gasteiger partial charge on any atom is 0.169 e. The van der Waals surface area contributed by atoms with Crippen molar-refractivity contribution in [3.8, 4) is 23.0 Å². The molecule has 1 N–H and O–H groups in total. The number of para-hydroxylation sites is 2. The molecule has 20 heavy (non-hydrogen) atoms. The van der Waals surface area contributed by atoms with Gasteiger partial charge in [0.15, 0.2) is 11.5 Å². The third-order valence-corrected chi connectivity index (χ3v) is 2.87. The first-order chi connectivity index (χ1) is 9.74. The standard InChI is InChI=1S/C15H15ClO4/c1-18-11-6-7-12(16)15(10-11)20-14-5-3-2-4-13(14)19-9-8-17/h2-7,10,17H,8-9H2,1H3. The van der Waals surface area contributed by atoms with Crippen LogP contribution in [0.25, 0.3) is 0 Å².